The van der Waals surface area contributed by atoms with Gasteiger partial charge in [-0.25, -0.2) is 26.3 Å². The molecule has 0 radical (unpaired) electrons. The standard InChI is InChI=1S/C16H5F8NO4/c17-5-2-7-6(25(3-8(26)27)15(28)16(23,24)29-7)1-4(5)9-10(18)12(20)14(22)13(21)11(9)19/h1-2H,3H2,(H,26,27). The number of ether oxygens (including phenoxy) is 1. The van der Waals surface area contributed by atoms with Crippen molar-refractivity contribution in [3.8, 4) is 16.9 Å². The smallest absolute Gasteiger partial charge is 0.480 e. The van der Waals surface area contributed by atoms with Gasteiger partial charge in [-0.1, -0.05) is 0 Å². The van der Waals surface area contributed by atoms with E-state index < -0.39 is 82.0 Å². The lowest BCUT2D eigenvalue weighted by atomic mass is 10.0. The van der Waals surface area contributed by atoms with Gasteiger partial charge in [0.1, 0.15) is 12.4 Å². The quantitative estimate of drug-likeness (QED) is 0.462. The molecule has 0 atom stereocenters. The minimum Gasteiger partial charge on any atom is -0.480 e. The molecular formula is C16H5F8NO4. The molecule has 0 saturated heterocycles. The molecule has 2 aromatic carbocycles. The molecule has 29 heavy (non-hydrogen) atoms. The summed E-state index contributed by atoms with van der Waals surface area (Å²) in [5.41, 5.74) is -3.95. The Morgan fingerprint density at radius 2 is 1.48 bits per heavy atom. The first kappa shape index (κ1) is 20.4. The first-order valence-electron chi connectivity index (χ1n) is 7.32. The van der Waals surface area contributed by atoms with Crippen molar-refractivity contribution in [3.05, 3.63) is 47.0 Å². The number of amides is 1. The molecule has 13 heteroatoms. The number of carboxylic acids is 1. The van der Waals surface area contributed by atoms with Gasteiger partial charge in [0, 0.05) is 11.6 Å². The zero-order chi connectivity index (χ0) is 21.8. The third-order valence-electron chi connectivity index (χ3n) is 3.84. The SMILES string of the molecule is O=C(O)CN1C(=O)C(F)(F)Oc2cc(F)c(-c3c(F)c(F)c(F)c(F)c3F)cc21. The predicted molar refractivity (Wildman–Crippen MR) is 77.2 cm³/mol. The Morgan fingerprint density at radius 3 is 2.00 bits per heavy atom. The van der Waals surface area contributed by atoms with Crippen LogP contribution in [0, 0.1) is 34.9 Å². The molecule has 0 saturated carbocycles. The van der Waals surface area contributed by atoms with Crippen LogP contribution in [0.1, 0.15) is 0 Å². The van der Waals surface area contributed by atoms with Crippen LogP contribution in [-0.4, -0.2) is 29.6 Å². The Labute approximate surface area is 154 Å². The number of carbonyl (C=O) groups excluding carboxylic acids is 1. The summed E-state index contributed by atoms with van der Waals surface area (Å²) < 4.78 is 114. The van der Waals surface area contributed by atoms with Crippen LogP contribution < -0.4 is 9.64 Å². The Hall–Kier alpha value is -3.38. The van der Waals surface area contributed by atoms with Crippen molar-refractivity contribution in [1.29, 1.82) is 0 Å². The lowest BCUT2D eigenvalue weighted by Crippen LogP contribution is -2.52. The summed E-state index contributed by atoms with van der Waals surface area (Å²) in [7, 11) is 0. The number of nitrogens with zero attached hydrogens (tertiary/aromatic N) is 1. The number of rotatable bonds is 3. The fraction of sp³-hybridized carbons (Fsp3) is 0.125. The Kier molecular flexibility index (Phi) is 4.63. The maximum atomic E-state index is 14.3. The van der Waals surface area contributed by atoms with Gasteiger partial charge in [-0.2, -0.15) is 8.78 Å². The number of carboxylic acid groups (broad SMARTS) is 1. The molecule has 1 aliphatic rings. The second kappa shape index (κ2) is 6.60. The van der Waals surface area contributed by atoms with Crippen molar-refractivity contribution in [3.63, 3.8) is 0 Å². The van der Waals surface area contributed by atoms with E-state index in [1.54, 1.807) is 0 Å². The minimum absolute atomic E-state index is 0.0952. The highest BCUT2D eigenvalue weighted by Gasteiger charge is 2.51. The number of benzene rings is 2. The van der Waals surface area contributed by atoms with E-state index >= 15 is 0 Å². The maximum absolute atomic E-state index is 14.3. The zero-order valence-corrected chi connectivity index (χ0v) is 13.5. The van der Waals surface area contributed by atoms with Crippen molar-refractivity contribution in [1.82, 2.24) is 0 Å². The summed E-state index contributed by atoms with van der Waals surface area (Å²) in [6.07, 6.45) is -4.60. The van der Waals surface area contributed by atoms with Crippen molar-refractivity contribution >= 4 is 17.6 Å². The summed E-state index contributed by atoms with van der Waals surface area (Å²) in [4.78, 5) is 22.5. The number of carbonyl (C=O) groups is 2. The molecule has 0 aromatic heterocycles. The van der Waals surface area contributed by atoms with Crippen LogP contribution in [0.4, 0.5) is 40.8 Å². The van der Waals surface area contributed by atoms with Gasteiger partial charge in [0.25, 0.3) is 0 Å². The van der Waals surface area contributed by atoms with Crippen LogP contribution in [0.2, 0.25) is 0 Å². The van der Waals surface area contributed by atoms with E-state index in [2.05, 4.69) is 4.74 Å². The molecule has 5 nitrogen and oxygen atoms in total. The first-order valence-corrected chi connectivity index (χ1v) is 7.32. The third kappa shape index (κ3) is 3.11. The first-order chi connectivity index (χ1) is 13.4. The number of alkyl halides is 2. The molecule has 1 aliphatic heterocycles. The van der Waals surface area contributed by atoms with Crippen LogP contribution in [0.25, 0.3) is 11.1 Å². The van der Waals surface area contributed by atoms with Gasteiger partial charge < -0.3 is 9.84 Å². The Bertz CT molecular complexity index is 1040. The van der Waals surface area contributed by atoms with Crippen molar-refractivity contribution < 1.29 is 54.6 Å². The fourth-order valence-corrected chi connectivity index (χ4v) is 2.61. The molecule has 1 heterocycles. The monoisotopic (exact) mass is 427 g/mol. The van der Waals surface area contributed by atoms with Crippen LogP contribution in [-0.2, 0) is 9.59 Å². The van der Waals surface area contributed by atoms with Crippen LogP contribution in [0.15, 0.2) is 12.1 Å². The lowest BCUT2D eigenvalue weighted by Gasteiger charge is -2.33. The maximum Gasteiger partial charge on any atom is 0.482 e. The van der Waals surface area contributed by atoms with E-state index in [-0.39, 0.29) is 17.0 Å². The lowest BCUT2D eigenvalue weighted by molar-refractivity contribution is -0.193. The van der Waals surface area contributed by atoms with E-state index in [0.717, 1.165) is 0 Å². The number of anilines is 1. The number of hydrogen-bond acceptors (Lipinski definition) is 3. The van der Waals surface area contributed by atoms with Gasteiger partial charge in [0.2, 0.25) is 5.82 Å². The molecule has 1 N–H and O–H groups in total. The molecule has 0 fully saturated rings. The molecule has 1 amide bonds. The number of hydrogen-bond donors (Lipinski definition) is 1. The Morgan fingerprint density at radius 1 is 0.966 bits per heavy atom. The van der Waals surface area contributed by atoms with Gasteiger partial charge in [-0.05, 0) is 6.07 Å². The second-order valence-corrected chi connectivity index (χ2v) is 5.65. The highest BCUT2D eigenvalue weighted by atomic mass is 19.3. The summed E-state index contributed by atoms with van der Waals surface area (Å²) in [6.45, 7) is -1.40. The van der Waals surface area contributed by atoms with E-state index in [4.69, 9.17) is 5.11 Å². The summed E-state index contributed by atoms with van der Waals surface area (Å²) in [6, 6.07) is 0.358. The fourth-order valence-electron chi connectivity index (χ4n) is 2.61. The van der Waals surface area contributed by atoms with Gasteiger partial charge in [0.15, 0.2) is 29.0 Å². The topological polar surface area (TPSA) is 66.8 Å². The van der Waals surface area contributed by atoms with Crippen LogP contribution in [0.3, 0.4) is 0 Å². The van der Waals surface area contributed by atoms with Crippen LogP contribution in [0.5, 0.6) is 5.75 Å². The largest absolute Gasteiger partial charge is 0.482 e. The minimum atomic E-state index is -4.60. The normalized spacial score (nSPS) is 15.2. The number of fused-ring (bicyclic) bond motifs is 1. The third-order valence-corrected chi connectivity index (χ3v) is 3.84. The van der Waals surface area contributed by atoms with Crippen molar-refractivity contribution in [2.45, 2.75) is 6.11 Å². The molecular weight excluding hydrogens is 422 g/mol. The van der Waals surface area contributed by atoms with Crippen molar-refractivity contribution in [2.75, 3.05) is 11.4 Å². The van der Waals surface area contributed by atoms with E-state index in [9.17, 15) is 44.7 Å². The van der Waals surface area contributed by atoms with Gasteiger partial charge >= 0.3 is 18.0 Å². The average Bonchev–Trinajstić information content (AvgIpc) is 2.63. The summed E-state index contributed by atoms with van der Waals surface area (Å²) in [5, 5.41) is 8.80. The molecule has 0 aliphatic carbocycles. The average molecular weight is 427 g/mol. The molecule has 0 unspecified atom stereocenters. The molecule has 0 spiro atoms. The number of halogens is 8. The highest BCUT2D eigenvalue weighted by Crippen LogP contribution is 2.44. The molecule has 0 bridgehead atoms. The van der Waals surface area contributed by atoms with E-state index in [1.165, 1.54) is 0 Å². The van der Waals surface area contributed by atoms with E-state index in [1.807, 2.05) is 0 Å². The second-order valence-electron chi connectivity index (χ2n) is 5.65. The summed E-state index contributed by atoms with van der Waals surface area (Å²) >= 11 is 0. The van der Waals surface area contributed by atoms with E-state index in [0.29, 0.717) is 0 Å². The van der Waals surface area contributed by atoms with Gasteiger partial charge in [-0.3, -0.25) is 14.5 Å². The highest BCUT2D eigenvalue weighted by molar-refractivity contribution is 6.04. The van der Waals surface area contributed by atoms with Gasteiger partial charge in [0.05, 0.1) is 11.3 Å². The van der Waals surface area contributed by atoms with Gasteiger partial charge in [-0.15, -0.1) is 0 Å². The van der Waals surface area contributed by atoms with Crippen LogP contribution >= 0.6 is 0 Å². The zero-order valence-electron chi connectivity index (χ0n) is 13.5. The number of aliphatic carboxylic acids is 1. The Balaban J connectivity index is 2.31. The summed E-state index contributed by atoms with van der Waals surface area (Å²) in [5.74, 6) is -19.0. The molecule has 154 valence electrons. The molecule has 3 rings (SSSR count). The molecule has 2 aromatic rings. The predicted octanol–water partition coefficient (Wildman–Crippen LogP) is 3.59. The van der Waals surface area contributed by atoms with Crippen molar-refractivity contribution in [2.24, 2.45) is 0 Å².